The second kappa shape index (κ2) is 9.28. The Kier molecular flexibility index (Phi) is 6.79. The molecule has 1 fully saturated rings. The van der Waals surface area contributed by atoms with Gasteiger partial charge in [-0.3, -0.25) is 9.69 Å². The molecule has 150 valence electrons. The van der Waals surface area contributed by atoms with E-state index < -0.39 is 11.6 Å². The average Bonchev–Trinajstić information content (AvgIpc) is 2.72. The van der Waals surface area contributed by atoms with Crippen molar-refractivity contribution in [3.63, 3.8) is 0 Å². The van der Waals surface area contributed by atoms with E-state index in [4.69, 9.17) is 0 Å². The van der Waals surface area contributed by atoms with E-state index in [0.717, 1.165) is 44.1 Å². The predicted molar refractivity (Wildman–Crippen MR) is 108 cm³/mol. The van der Waals surface area contributed by atoms with Crippen LogP contribution in [0, 0.1) is 11.6 Å². The topological polar surface area (TPSA) is 23.6 Å². The van der Waals surface area contributed by atoms with Gasteiger partial charge in [0.05, 0.1) is 0 Å². The van der Waals surface area contributed by atoms with Gasteiger partial charge in [-0.25, -0.2) is 8.78 Å². The van der Waals surface area contributed by atoms with Crippen LogP contribution in [0.3, 0.4) is 0 Å². The minimum absolute atomic E-state index is 0.132. The highest BCUT2D eigenvalue weighted by molar-refractivity contribution is 5.93. The quantitative estimate of drug-likeness (QED) is 0.702. The minimum atomic E-state index is -0.553. The molecular weight excluding hydrogens is 358 g/mol. The zero-order valence-electron chi connectivity index (χ0n) is 16.6. The molecule has 1 aliphatic heterocycles. The summed E-state index contributed by atoms with van der Waals surface area (Å²) in [7, 11) is 0. The SMILES string of the molecule is CCC(=O)N(c1ccc(CC)cc1)C1CCN(Cc2ccc(F)cc2F)CC1. The van der Waals surface area contributed by atoms with Crippen LogP contribution < -0.4 is 4.90 Å². The summed E-state index contributed by atoms with van der Waals surface area (Å²) < 4.78 is 27.0. The Balaban J connectivity index is 1.67. The van der Waals surface area contributed by atoms with Crippen LogP contribution in [0.5, 0.6) is 0 Å². The summed E-state index contributed by atoms with van der Waals surface area (Å²) in [5.74, 6) is -0.920. The van der Waals surface area contributed by atoms with Gasteiger partial charge in [0.2, 0.25) is 5.91 Å². The first-order chi connectivity index (χ1) is 13.5. The van der Waals surface area contributed by atoms with E-state index in [1.54, 1.807) is 0 Å². The highest BCUT2D eigenvalue weighted by Gasteiger charge is 2.28. The van der Waals surface area contributed by atoms with Crippen LogP contribution in [-0.4, -0.2) is 29.9 Å². The fourth-order valence-corrected chi connectivity index (χ4v) is 3.85. The minimum Gasteiger partial charge on any atom is -0.309 e. The molecule has 5 heteroatoms. The molecule has 2 aromatic rings. The molecule has 1 amide bonds. The number of benzene rings is 2. The molecule has 1 aliphatic rings. The number of piperidine rings is 1. The van der Waals surface area contributed by atoms with E-state index in [2.05, 4.69) is 24.0 Å². The lowest BCUT2D eigenvalue weighted by molar-refractivity contribution is -0.119. The largest absolute Gasteiger partial charge is 0.309 e. The van der Waals surface area contributed by atoms with Gasteiger partial charge in [-0.05, 0) is 43.0 Å². The first-order valence-corrected chi connectivity index (χ1v) is 10.1. The van der Waals surface area contributed by atoms with Gasteiger partial charge in [0.25, 0.3) is 0 Å². The smallest absolute Gasteiger partial charge is 0.226 e. The van der Waals surface area contributed by atoms with Crippen molar-refractivity contribution in [1.29, 1.82) is 0 Å². The molecule has 28 heavy (non-hydrogen) atoms. The molecule has 0 bridgehead atoms. The molecule has 0 unspecified atom stereocenters. The maximum Gasteiger partial charge on any atom is 0.226 e. The second-order valence-corrected chi connectivity index (χ2v) is 7.38. The Morgan fingerprint density at radius 2 is 1.75 bits per heavy atom. The summed E-state index contributed by atoms with van der Waals surface area (Å²) in [6.07, 6.45) is 3.12. The van der Waals surface area contributed by atoms with Crippen LogP contribution in [0.1, 0.15) is 44.2 Å². The normalized spacial score (nSPS) is 15.6. The van der Waals surface area contributed by atoms with Crippen molar-refractivity contribution in [2.24, 2.45) is 0 Å². The Labute approximate surface area is 166 Å². The second-order valence-electron chi connectivity index (χ2n) is 7.38. The van der Waals surface area contributed by atoms with Crippen LogP contribution in [0.25, 0.3) is 0 Å². The monoisotopic (exact) mass is 386 g/mol. The molecule has 0 atom stereocenters. The van der Waals surface area contributed by atoms with Crippen molar-refractivity contribution >= 4 is 11.6 Å². The van der Waals surface area contributed by atoms with Gasteiger partial charge in [0.1, 0.15) is 11.6 Å². The third-order valence-corrected chi connectivity index (χ3v) is 5.53. The van der Waals surface area contributed by atoms with Crippen LogP contribution in [0.2, 0.25) is 0 Å². The van der Waals surface area contributed by atoms with Gasteiger partial charge < -0.3 is 4.90 Å². The highest BCUT2D eigenvalue weighted by atomic mass is 19.1. The van der Waals surface area contributed by atoms with Crippen LogP contribution >= 0.6 is 0 Å². The summed E-state index contributed by atoms with van der Waals surface area (Å²) in [4.78, 5) is 16.8. The molecule has 0 aliphatic carbocycles. The zero-order valence-corrected chi connectivity index (χ0v) is 16.6. The summed E-state index contributed by atoms with van der Waals surface area (Å²) in [6, 6.07) is 12.1. The molecule has 3 nitrogen and oxygen atoms in total. The first-order valence-electron chi connectivity index (χ1n) is 10.1. The molecule has 2 aromatic carbocycles. The van der Waals surface area contributed by atoms with Crippen molar-refractivity contribution in [1.82, 2.24) is 4.90 Å². The number of aryl methyl sites for hydroxylation is 1. The molecule has 1 saturated heterocycles. The van der Waals surface area contributed by atoms with Gasteiger partial charge in [-0.2, -0.15) is 0 Å². The van der Waals surface area contributed by atoms with Crippen molar-refractivity contribution in [3.05, 3.63) is 65.2 Å². The standard InChI is InChI=1S/C23H28F2N2O/c1-3-17-5-9-20(10-6-17)27(23(28)4-2)21-11-13-26(14-12-21)16-18-7-8-19(24)15-22(18)25/h5-10,15,21H,3-4,11-14,16H2,1-2H3. The molecule has 0 aromatic heterocycles. The van der Waals surface area contributed by atoms with Gasteiger partial charge in [-0.15, -0.1) is 0 Å². The maximum atomic E-state index is 13.9. The Hall–Kier alpha value is -2.27. The van der Waals surface area contributed by atoms with Crippen LogP contribution in [0.4, 0.5) is 14.5 Å². The summed E-state index contributed by atoms with van der Waals surface area (Å²) in [6.45, 7) is 6.03. The highest BCUT2D eigenvalue weighted by Crippen LogP contribution is 2.26. The lowest BCUT2D eigenvalue weighted by Gasteiger charge is -2.38. The van der Waals surface area contributed by atoms with Crippen molar-refractivity contribution in [2.75, 3.05) is 18.0 Å². The molecular formula is C23H28F2N2O. The lowest BCUT2D eigenvalue weighted by atomic mass is 10.0. The molecule has 1 heterocycles. The molecule has 0 saturated carbocycles. The Bertz CT molecular complexity index is 799. The van der Waals surface area contributed by atoms with Crippen LogP contribution in [-0.2, 0) is 17.8 Å². The van der Waals surface area contributed by atoms with Gasteiger partial charge >= 0.3 is 0 Å². The third kappa shape index (κ3) is 4.76. The molecule has 0 spiro atoms. The number of halogens is 2. The van der Waals surface area contributed by atoms with E-state index in [1.807, 2.05) is 24.0 Å². The number of hydrogen-bond donors (Lipinski definition) is 0. The number of hydrogen-bond acceptors (Lipinski definition) is 2. The number of amides is 1. The summed E-state index contributed by atoms with van der Waals surface area (Å²) in [5.41, 5.74) is 2.72. The molecule has 0 radical (unpaired) electrons. The number of carbonyl (C=O) groups is 1. The Morgan fingerprint density at radius 1 is 1.07 bits per heavy atom. The van der Waals surface area contributed by atoms with Gasteiger partial charge in [-0.1, -0.05) is 32.0 Å². The number of nitrogens with zero attached hydrogens (tertiary/aromatic N) is 2. The first kappa shape index (κ1) is 20.5. The fraction of sp³-hybridized carbons (Fsp3) is 0.435. The maximum absolute atomic E-state index is 13.9. The number of carbonyl (C=O) groups excluding carboxylic acids is 1. The van der Waals surface area contributed by atoms with E-state index in [0.29, 0.717) is 18.5 Å². The van der Waals surface area contributed by atoms with Gasteiger partial charge in [0, 0.05) is 49.4 Å². The van der Waals surface area contributed by atoms with E-state index in [1.165, 1.54) is 17.7 Å². The number of rotatable bonds is 6. The van der Waals surface area contributed by atoms with E-state index in [9.17, 15) is 13.6 Å². The van der Waals surface area contributed by atoms with E-state index in [-0.39, 0.29) is 11.9 Å². The fourth-order valence-electron chi connectivity index (χ4n) is 3.85. The number of likely N-dealkylation sites (tertiary alicyclic amines) is 1. The average molecular weight is 386 g/mol. The predicted octanol–water partition coefficient (Wildman–Crippen LogP) is 4.93. The van der Waals surface area contributed by atoms with Crippen LogP contribution in [0.15, 0.2) is 42.5 Å². The lowest BCUT2D eigenvalue weighted by Crippen LogP contribution is -2.47. The summed E-state index contributed by atoms with van der Waals surface area (Å²) in [5, 5.41) is 0. The van der Waals surface area contributed by atoms with Crippen molar-refractivity contribution in [2.45, 2.75) is 52.1 Å². The zero-order chi connectivity index (χ0) is 20.1. The van der Waals surface area contributed by atoms with Crippen molar-refractivity contribution in [3.8, 4) is 0 Å². The molecule has 0 N–H and O–H groups in total. The number of anilines is 1. The third-order valence-electron chi connectivity index (χ3n) is 5.53. The Morgan fingerprint density at radius 3 is 2.32 bits per heavy atom. The summed E-state index contributed by atoms with van der Waals surface area (Å²) >= 11 is 0. The van der Waals surface area contributed by atoms with Crippen molar-refractivity contribution < 1.29 is 13.6 Å². The van der Waals surface area contributed by atoms with Gasteiger partial charge in [0.15, 0.2) is 0 Å². The molecule has 3 rings (SSSR count). The van der Waals surface area contributed by atoms with E-state index >= 15 is 0 Å².